The van der Waals surface area contributed by atoms with Crippen LogP contribution in [0, 0.1) is 6.92 Å². The van der Waals surface area contributed by atoms with Gasteiger partial charge in [0, 0.05) is 18.1 Å². The SMILES string of the molecule is CCCNC(=O)[C@@H](CC)N(Cc1ccc(Cl)c(Cl)c1)C(=O)CN(c1ccc(Cl)cc1)S(=O)(=O)c1ccc(C)cc1. The average molecular weight is 625 g/mol. The van der Waals surface area contributed by atoms with Crippen LogP contribution in [0.5, 0.6) is 0 Å². The summed E-state index contributed by atoms with van der Waals surface area (Å²) in [5.74, 6) is -0.882. The minimum atomic E-state index is -4.16. The van der Waals surface area contributed by atoms with Gasteiger partial charge in [0.2, 0.25) is 11.8 Å². The highest BCUT2D eigenvalue weighted by molar-refractivity contribution is 7.92. The summed E-state index contributed by atoms with van der Waals surface area (Å²) >= 11 is 18.4. The molecule has 0 saturated heterocycles. The summed E-state index contributed by atoms with van der Waals surface area (Å²) in [4.78, 5) is 28.6. The lowest BCUT2D eigenvalue weighted by atomic mass is 10.1. The predicted octanol–water partition coefficient (Wildman–Crippen LogP) is 6.48. The number of aryl methyl sites for hydroxylation is 1. The molecule has 40 heavy (non-hydrogen) atoms. The summed E-state index contributed by atoms with van der Waals surface area (Å²) in [5, 5.41) is 3.93. The second kappa shape index (κ2) is 14.2. The molecule has 0 aliphatic carbocycles. The quantitative estimate of drug-likeness (QED) is 0.250. The predicted molar refractivity (Wildman–Crippen MR) is 162 cm³/mol. The van der Waals surface area contributed by atoms with Crippen molar-refractivity contribution in [2.45, 2.75) is 51.1 Å². The van der Waals surface area contributed by atoms with Crippen LogP contribution in [0.15, 0.2) is 71.6 Å². The third-order valence-corrected chi connectivity index (χ3v) is 9.05. The van der Waals surface area contributed by atoms with Gasteiger partial charge in [0.05, 0.1) is 20.6 Å². The third-order valence-electron chi connectivity index (χ3n) is 6.27. The molecule has 0 heterocycles. The number of carbonyl (C=O) groups excluding carboxylic acids is 2. The Morgan fingerprint density at radius 2 is 1.55 bits per heavy atom. The van der Waals surface area contributed by atoms with Crippen LogP contribution in [0.3, 0.4) is 0 Å². The van der Waals surface area contributed by atoms with Gasteiger partial charge in [0.1, 0.15) is 12.6 Å². The van der Waals surface area contributed by atoms with E-state index < -0.39 is 28.5 Å². The second-order valence-corrected chi connectivity index (χ2v) is 12.4. The minimum absolute atomic E-state index is 0.0206. The monoisotopic (exact) mass is 623 g/mol. The van der Waals surface area contributed by atoms with Gasteiger partial charge in [-0.1, -0.05) is 72.4 Å². The van der Waals surface area contributed by atoms with Crippen LogP contribution in [0.4, 0.5) is 5.69 Å². The van der Waals surface area contributed by atoms with Crippen molar-refractivity contribution in [1.82, 2.24) is 10.2 Å². The number of rotatable bonds is 12. The number of amides is 2. The van der Waals surface area contributed by atoms with E-state index in [-0.39, 0.29) is 23.0 Å². The maximum atomic E-state index is 14.0. The number of hydrogen-bond acceptors (Lipinski definition) is 4. The van der Waals surface area contributed by atoms with E-state index in [1.165, 1.54) is 29.2 Å². The van der Waals surface area contributed by atoms with Crippen LogP contribution in [-0.2, 0) is 26.2 Å². The van der Waals surface area contributed by atoms with E-state index in [0.717, 1.165) is 16.3 Å². The molecule has 0 fully saturated rings. The Bertz CT molecular complexity index is 1430. The molecule has 0 unspecified atom stereocenters. The standard InChI is InChI=1S/C29H32Cl3N3O4S/c1-4-16-33-29(37)27(5-2)34(18-21-8-15-25(31)26(32)17-21)28(36)19-35(23-11-9-22(30)10-12-23)40(38,39)24-13-6-20(3)7-14-24/h6-15,17,27H,4-5,16,18-19H2,1-3H3,(H,33,37)/t27-/m1/s1. The Labute approximate surface area is 251 Å². The Hall–Kier alpha value is -2.78. The van der Waals surface area contributed by atoms with Crippen molar-refractivity contribution in [2.75, 3.05) is 17.4 Å². The molecule has 11 heteroatoms. The van der Waals surface area contributed by atoms with Crippen LogP contribution in [-0.4, -0.2) is 44.3 Å². The normalized spacial score (nSPS) is 12.1. The summed E-state index contributed by atoms with van der Waals surface area (Å²) in [7, 11) is -4.16. The van der Waals surface area contributed by atoms with E-state index >= 15 is 0 Å². The molecule has 1 N–H and O–H groups in total. The summed E-state index contributed by atoms with van der Waals surface area (Å²) in [6.07, 6.45) is 1.04. The van der Waals surface area contributed by atoms with Gasteiger partial charge in [-0.25, -0.2) is 8.42 Å². The summed E-state index contributed by atoms with van der Waals surface area (Å²) < 4.78 is 28.7. The molecule has 214 valence electrons. The number of halogens is 3. The first kappa shape index (κ1) is 31.7. The van der Waals surface area contributed by atoms with E-state index in [4.69, 9.17) is 34.8 Å². The van der Waals surface area contributed by atoms with Gasteiger partial charge >= 0.3 is 0 Å². The van der Waals surface area contributed by atoms with Crippen molar-refractivity contribution in [3.05, 3.63) is 92.9 Å². The lowest BCUT2D eigenvalue weighted by Crippen LogP contribution is -2.52. The van der Waals surface area contributed by atoms with Crippen molar-refractivity contribution in [3.63, 3.8) is 0 Å². The molecule has 3 aromatic rings. The fourth-order valence-electron chi connectivity index (χ4n) is 4.09. The van der Waals surface area contributed by atoms with Crippen LogP contribution in [0.1, 0.15) is 37.8 Å². The van der Waals surface area contributed by atoms with Gasteiger partial charge in [-0.2, -0.15) is 0 Å². The Morgan fingerprint density at radius 1 is 0.900 bits per heavy atom. The zero-order valence-corrected chi connectivity index (χ0v) is 25.6. The van der Waals surface area contributed by atoms with Crippen LogP contribution in [0.25, 0.3) is 0 Å². The van der Waals surface area contributed by atoms with Crippen molar-refractivity contribution < 1.29 is 18.0 Å². The molecule has 0 aromatic heterocycles. The van der Waals surface area contributed by atoms with Crippen molar-refractivity contribution >= 4 is 62.3 Å². The first-order valence-electron chi connectivity index (χ1n) is 12.8. The lowest BCUT2D eigenvalue weighted by Gasteiger charge is -2.33. The fraction of sp³-hybridized carbons (Fsp3) is 0.310. The molecule has 0 aliphatic rings. The molecule has 0 spiro atoms. The third kappa shape index (κ3) is 7.91. The number of sulfonamides is 1. The summed E-state index contributed by atoms with van der Waals surface area (Å²) in [6, 6.07) is 16.7. The number of carbonyl (C=O) groups is 2. The number of nitrogens with zero attached hydrogens (tertiary/aromatic N) is 2. The van der Waals surface area contributed by atoms with Gasteiger partial charge in [0.25, 0.3) is 10.0 Å². The fourth-order valence-corrected chi connectivity index (χ4v) is 5.95. The second-order valence-electron chi connectivity index (χ2n) is 9.29. The summed E-state index contributed by atoms with van der Waals surface area (Å²) in [6.45, 7) is 5.50. The smallest absolute Gasteiger partial charge is 0.264 e. The summed E-state index contributed by atoms with van der Waals surface area (Å²) in [5.41, 5.74) is 1.80. The molecule has 3 rings (SSSR count). The Morgan fingerprint density at radius 3 is 2.12 bits per heavy atom. The number of hydrogen-bond donors (Lipinski definition) is 1. The highest BCUT2D eigenvalue weighted by atomic mass is 35.5. The lowest BCUT2D eigenvalue weighted by molar-refractivity contribution is -0.140. The molecule has 2 amide bonds. The van der Waals surface area contributed by atoms with Crippen LogP contribution in [0.2, 0.25) is 15.1 Å². The zero-order chi connectivity index (χ0) is 29.4. The maximum absolute atomic E-state index is 14.0. The van der Waals surface area contributed by atoms with E-state index in [2.05, 4.69) is 5.32 Å². The van der Waals surface area contributed by atoms with Gasteiger partial charge in [-0.3, -0.25) is 13.9 Å². The minimum Gasteiger partial charge on any atom is -0.354 e. The highest BCUT2D eigenvalue weighted by Crippen LogP contribution is 2.27. The average Bonchev–Trinajstić information content (AvgIpc) is 2.93. The van der Waals surface area contributed by atoms with Gasteiger partial charge in [-0.15, -0.1) is 0 Å². The Kier molecular flexibility index (Phi) is 11.3. The van der Waals surface area contributed by atoms with E-state index in [0.29, 0.717) is 33.6 Å². The van der Waals surface area contributed by atoms with Crippen LogP contribution < -0.4 is 9.62 Å². The zero-order valence-electron chi connectivity index (χ0n) is 22.5. The molecule has 0 radical (unpaired) electrons. The molecule has 3 aromatic carbocycles. The molecule has 1 atom stereocenters. The van der Waals surface area contributed by atoms with E-state index in [9.17, 15) is 18.0 Å². The largest absolute Gasteiger partial charge is 0.354 e. The van der Waals surface area contributed by atoms with Gasteiger partial charge in [-0.05, 0) is 73.9 Å². The maximum Gasteiger partial charge on any atom is 0.264 e. The number of anilines is 1. The van der Waals surface area contributed by atoms with E-state index in [1.807, 2.05) is 13.8 Å². The Balaban J connectivity index is 2.06. The van der Waals surface area contributed by atoms with Crippen molar-refractivity contribution in [3.8, 4) is 0 Å². The van der Waals surface area contributed by atoms with Gasteiger partial charge < -0.3 is 10.2 Å². The molecule has 0 saturated carbocycles. The number of nitrogens with one attached hydrogen (secondary N) is 1. The first-order chi connectivity index (χ1) is 19.0. The van der Waals surface area contributed by atoms with Crippen molar-refractivity contribution in [2.24, 2.45) is 0 Å². The highest BCUT2D eigenvalue weighted by Gasteiger charge is 2.33. The molecule has 7 nitrogen and oxygen atoms in total. The molecular formula is C29H32Cl3N3O4S. The molecular weight excluding hydrogens is 593 g/mol. The molecule has 0 aliphatic heterocycles. The van der Waals surface area contributed by atoms with Crippen molar-refractivity contribution in [1.29, 1.82) is 0 Å². The first-order valence-corrected chi connectivity index (χ1v) is 15.4. The van der Waals surface area contributed by atoms with E-state index in [1.54, 1.807) is 49.4 Å². The molecule has 0 bridgehead atoms. The van der Waals surface area contributed by atoms with Crippen LogP contribution >= 0.6 is 34.8 Å². The number of benzene rings is 3. The topological polar surface area (TPSA) is 86.8 Å². The van der Waals surface area contributed by atoms with Gasteiger partial charge in [0.15, 0.2) is 0 Å².